The van der Waals surface area contributed by atoms with Crippen LogP contribution >= 0.6 is 22.9 Å². The Hall–Kier alpha value is -3.23. The van der Waals surface area contributed by atoms with Gasteiger partial charge in [0.15, 0.2) is 0 Å². The number of para-hydroxylation sites is 1. The lowest BCUT2D eigenvalue weighted by molar-refractivity contribution is -0.385. The minimum atomic E-state index is -0.684. The van der Waals surface area contributed by atoms with Crippen molar-refractivity contribution < 1.29 is 19.2 Å². The van der Waals surface area contributed by atoms with Crippen LogP contribution in [0.25, 0.3) is 11.1 Å². The van der Waals surface area contributed by atoms with Crippen molar-refractivity contribution in [2.75, 3.05) is 11.9 Å². The number of hydrogen-bond donors (Lipinski definition) is 1. The smallest absolute Gasteiger partial charge is 0.341 e. The quantitative estimate of drug-likeness (QED) is 0.298. The summed E-state index contributed by atoms with van der Waals surface area (Å²) in [5.74, 6) is -1.28. The molecule has 0 saturated heterocycles. The topological polar surface area (TPSA) is 98.5 Å². The lowest BCUT2D eigenvalue weighted by atomic mass is 10.0. The summed E-state index contributed by atoms with van der Waals surface area (Å²) in [5, 5.41) is 14.7. The number of amides is 1. The van der Waals surface area contributed by atoms with Gasteiger partial charge in [0, 0.05) is 21.5 Å². The first-order valence-corrected chi connectivity index (χ1v) is 10.1. The number of carbonyl (C=O) groups is 2. The highest BCUT2D eigenvalue weighted by Crippen LogP contribution is 2.41. The number of aryl methyl sites for hydroxylation is 1. The van der Waals surface area contributed by atoms with Gasteiger partial charge in [0.2, 0.25) is 0 Å². The fourth-order valence-electron chi connectivity index (χ4n) is 2.99. The van der Waals surface area contributed by atoms with Crippen LogP contribution < -0.4 is 5.32 Å². The van der Waals surface area contributed by atoms with Gasteiger partial charge < -0.3 is 10.1 Å². The number of anilines is 1. The molecule has 1 amide bonds. The first-order valence-electron chi connectivity index (χ1n) is 8.94. The second-order valence-corrected chi connectivity index (χ2v) is 7.85. The van der Waals surface area contributed by atoms with Crippen molar-refractivity contribution in [2.45, 2.75) is 13.8 Å². The SMILES string of the molecule is CCOC(=O)c1c(NC(=O)c2ccccc2[N+](=O)[O-])sc(C)c1-c1ccc(Cl)cc1. The molecule has 1 aromatic heterocycles. The van der Waals surface area contributed by atoms with E-state index in [1.165, 1.54) is 35.6 Å². The molecule has 0 aliphatic heterocycles. The minimum Gasteiger partial charge on any atom is -0.462 e. The fraction of sp³-hybridized carbons (Fsp3) is 0.143. The summed E-state index contributed by atoms with van der Waals surface area (Å²) in [6, 6.07) is 12.6. The predicted octanol–water partition coefficient (Wildman–Crippen LogP) is 5.71. The highest BCUT2D eigenvalue weighted by molar-refractivity contribution is 7.17. The van der Waals surface area contributed by atoms with Gasteiger partial charge >= 0.3 is 5.97 Å². The molecule has 0 radical (unpaired) electrons. The number of hydrogen-bond acceptors (Lipinski definition) is 6. The van der Waals surface area contributed by atoms with Crippen molar-refractivity contribution in [1.82, 2.24) is 0 Å². The Labute approximate surface area is 181 Å². The Morgan fingerprint density at radius 1 is 1.17 bits per heavy atom. The van der Waals surface area contributed by atoms with E-state index in [0.29, 0.717) is 10.6 Å². The number of nitrogens with zero attached hydrogens (tertiary/aromatic N) is 1. The molecule has 0 bridgehead atoms. The molecular weight excluding hydrogens is 428 g/mol. The third-order valence-corrected chi connectivity index (χ3v) is 5.54. The Morgan fingerprint density at radius 3 is 2.47 bits per heavy atom. The molecule has 0 spiro atoms. The predicted molar refractivity (Wildman–Crippen MR) is 117 cm³/mol. The molecule has 9 heteroatoms. The zero-order chi connectivity index (χ0) is 21.8. The number of esters is 1. The van der Waals surface area contributed by atoms with Gasteiger partial charge in [-0.25, -0.2) is 4.79 Å². The van der Waals surface area contributed by atoms with Gasteiger partial charge in [0.05, 0.1) is 11.5 Å². The molecule has 1 N–H and O–H groups in total. The number of nitro benzene ring substituents is 1. The number of benzene rings is 2. The van der Waals surface area contributed by atoms with E-state index in [1.54, 1.807) is 31.2 Å². The third-order valence-electron chi connectivity index (χ3n) is 4.27. The molecule has 2 aromatic carbocycles. The monoisotopic (exact) mass is 444 g/mol. The van der Waals surface area contributed by atoms with Crippen LogP contribution in [0.15, 0.2) is 48.5 Å². The van der Waals surface area contributed by atoms with Gasteiger partial charge in [0.1, 0.15) is 16.1 Å². The average molecular weight is 445 g/mol. The lowest BCUT2D eigenvalue weighted by Crippen LogP contribution is -2.16. The van der Waals surface area contributed by atoms with Crippen LogP contribution in [0, 0.1) is 17.0 Å². The Kier molecular flexibility index (Phi) is 6.49. The van der Waals surface area contributed by atoms with Crippen molar-refractivity contribution in [2.24, 2.45) is 0 Å². The number of carbonyl (C=O) groups excluding carboxylic acids is 2. The van der Waals surface area contributed by atoms with E-state index in [4.69, 9.17) is 16.3 Å². The summed E-state index contributed by atoms with van der Waals surface area (Å²) in [6.07, 6.45) is 0. The molecule has 3 rings (SSSR count). The van der Waals surface area contributed by atoms with Gasteiger partial charge in [-0.15, -0.1) is 11.3 Å². The number of thiophene rings is 1. The standard InChI is InChI=1S/C21H17ClN2O5S/c1-3-29-21(26)18-17(13-8-10-14(22)11-9-13)12(2)30-20(18)23-19(25)15-6-4-5-7-16(15)24(27)28/h4-11H,3H2,1-2H3,(H,23,25). The Morgan fingerprint density at radius 2 is 1.83 bits per heavy atom. The van der Waals surface area contributed by atoms with E-state index in [0.717, 1.165) is 10.4 Å². The van der Waals surface area contributed by atoms with Crippen LogP contribution in [0.3, 0.4) is 0 Å². The highest BCUT2D eigenvalue weighted by Gasteiger charge is 2.27. The second-order valence-electron chi connectivity index (χ2n) is 6.19. The molecule has 0 aliphatic carbocycles. The number of ether oxygens (including phenoxy) is 1. The van der Waals surface area contributed by atoms with Gasteiger partial charge in [-0.05, 0) is 37.6 Å². The van der Waals surface area contributed by atoms with E-state index in [1.807, 2.05) is 6.92 Å². The van der Waals surface area contributed by atoms with E-state index < -0.39 is 16.8 Å². The maximum atomic E-state index is 12.8. The highest BCUT2D eigenvalue weighted by atomic mass is 35.5. The zero-order valence-corrected chi connectivity index (χ0v) is 17.7. The van der Waals surface area contributed by atoms with E-state index in [-0.39, 0.29) is 28.4 Å². The first kappa shape index (κ1) is 21.5. The molecule has 154 valence electrons. The molecule has 3 aromatic rings. The summed E-state index contributed by atoms with van der Waals surface area (Å²) in [4.78, 5) is 36.9. The van der Waals surface area contributed by atoms with Crippen molar-refractivity contribution in [1.29, 1.82) is 0 Å². The summed E-state index contributed by atoms with van der Waals surface area (Å²) in [7, 11) is 0. The number of rotatable bonds is 6. The molecule has 30 heavy (non-hydrogen) atoms. The molecule has 0 atom stereocenters. The normalized spacial score (nSPS) is 10.5. The van der Waals surface area contributed by atoms with Crippen LogP contribution in [0.4, 0.5) is 10.7 Å². The molecule has 0 saturated carbocycles. The first-order chi connectivity index (χ1) is 14.3. The average Bonchev–Trinajstić information content (AvgIpc) is 3.04. The third kappa shape index (κ3) is 4.34. The van der Waals surface area contributed by atoms with Crippen LogP contribution in [0.5, 0.6) is 0 Å². The second kappa shape index (κ2) is 9.06. The van der Waals surface area contributed by atoms with Crippen molar-refractivity contribution in [3.63, 3.8) is 0 Å². The van der Waals surface area contributed by atoms with Crippen LogP contribution in [-0.4, -0.2) is 23.4 Å². The molecule has 0 fully saturated rings. The van der Waals surface area contributed by atoms with Crippen LogP contribution in [-0.2, 0) is 4.74 Å². The van der Waals surface area contributed by atoms with Crippen molar-refractivity contribution >= 4 is 45.5 Å². The van der Waals surface area contributed by atoms with Crippen molar-refractivity contribution in [3.8, 4) is 11.1 Å². The van der Waals surface area contributed by atoms with Gasteiger partial charge in [-0.2, -0.15) is 0 Å². The van der Waals surface area contributed by atoms with E-state index in [9.17, 15) is 19.7 Å². The van der Waals surface area contributed by atoms with Gasteiger partial charge in [-0.1, -0.05) is 35.9 Å². The van der Waals surface area contributed by atoms with Gasteiger partial charge in [0.25, 0.3) is 11.6 Å². The number of nitrogens with one attached hydrogen (secondary N) is 1. The molecule has 7 nitrogen and oxygen atoms in total. The Bertz CT molecular complexity index is 1120. The fourth-order valence-corrected chi connectivity index (χ4v) is 4.18. The van der Waals surface area contributed by atoms with Crippen LogP contribution in [0.1, 0.15) is 32.5 Å². The largest absolute Gasteiger partial charge is 0.462 e. The molecule has 0 unspecified atom stereocenters. The van der Waals surface area contributed by atoms with E-state index in [2.05, 4.69) is 5.32 Å². The number of halogens is 1. The maximum absolute atomic E-state index is 12.8. The van der Waals surface area contributed by atoms with Crippen LogP contribution in [0.2, 0.25) is 5.02 Å². The molecule has 1 heterocycles. The number of nitro groups is 1. The summed E-state index contributed by atoms with van der Waals surface area (Å²) in [5.41, 5.74) is 1.14. The lowest BCUT2D eigenvalue weighted by Gasteiger charge is -2.09. The summed E-state index contributed by atoms with van der Waals surface area (Å²) in [6.45, 7) is 3.66. The van der Waals surface area contributed by atoms with Gasteiger partial charge in [-0.3, -0.25) is 14.9 Å². The van der Waals surface area contributed by atoms with Crippen molar-refractivity contribution in [3.05, 3.63) is 79.7 Å². The maximum Gasteiger partial charge on any atom is 0.341 e. The molecular formula is C21H17ClN2O5S. The minimum absolute atomic E-state index is 0.101. The zero-order valence-electron chi connectivity index (χ0n) is 16.1. The Balaban J connectivity index is 2.08. The van der Waals surface area contributed by atoms with E-state index >= 15 is 0 Å². The molecule has 0 aliphatic rings. The summed E-state index contributed by atoms with van der Waals surface area (Å²) >= 11 is 7.17. The summed E-state index contributed by atoms with van der Waals surface area (Å²) < 4.78 is 5.20.